The standard InChI is InChI=1S/C7H5BrF2N2O2/c8-5-3(13)1-2(6(9)10)4(12-5)7(11)14/h1,6,13H,(H2,11,14). The van der Waals surface area contributed by atoms with E-state index in [-0.39, 0.29) is 4.60 Å². The van der Waals surface area contributed by atoms with E-state index < -0.39 is 29.3 Å². The number of rotatable bonds is 2. The SMILES string of the molecule is NC(=O)c1nc(Br)c(O)cc1C(F)F. The van der Waals surface area contributed by atoms with E-state index in [0.29, 0.717) is 0 Å². The van der Waals surface area contributed by atoms with Gasteiger partial charge in [-0.05, 0) is 22.0 Å². The number of nitrogens with two attached hydrogens (primary N) is 1. The fourth-order valence-electron chi connectivity index (χ4n) is 0.859. The molecule has 3 N–H and O–H groups in total. The molecule has 0 saturated heterocycles. The van der Waals surface area contributed by atoms with Gasteiger partial charge < -0.3 is 10.8 Å². The first-order chi connectivity index (χ1) is 6.43. The molecule has 0 aliphatic rings. The van der Waals surface area contributed by atoms with Crippen LogP contribution in [0.15, 0.2) is 10.7 Å². The maximum atomic E-state index is 12.3. The van der Waals surface area contributed by atoms with E-state index in [1.807, 2.05) is 0 Å². The number of aromatic hydroxyl groups is 1. The molecule has 0 aliphatic carbocycles. The highest BCUT2D eigenvalue weighted by Gasteiger charge is 2.20. The van der Waals surface area contributed by atoms with E-state index in [1.54, 1.807) is 0 Å². The number of hydrogen-bond acceptors (Lipinski definition) is 3. The Bertz CT molecular complexity index is 384. The Kier molecular flexibility index (Phi) is 3.00. The van der Waals surface area contributed by atoms with E-state index in [0.717, 1.165) is 6.07 Å². The van der Waals surface area contributed by atoms with Gasteiger partial charge in [0.05, 0.1) is 5.56 Å². The van der Waals surface area contributed by atoms with Crippen LogP contribution < -0.4 is 5.73 Å². The second-order valence-corrected chi connectivity index (χ2v) is 3.15. The predicted molar refractivity (Wildman–Crippen MR) is 47.1 cm³/mol. The van der Waals surface area contributed by atoms with E-state index >= 15 is 0 Å². The quantitative estimate of drug-likeness (QED) is 0.799. The highest BCUT2D eigenvalue weighted by molar-refractivity contribution is 9.10. The smallest absolute Gasteiger partial charge is 0.267 e. The van der Waals surface area contributed by atoms with Gasteiger partial charge in [0.2, 0.25) is 0 Å². The van der Waals surface area contributed by atoms with Gasteiger partial charge in [-0.25, -0.2) is 13.8 Å². The molecule has 1 aromatic rings. The van der Waals surface area contributed by atoms with Crippen LogP contribution in [0.3, 0.4) is 0 Å². The van der Waals surface area contributed by atoms with Crippen LogP contribution in [0, 0.1) is 0 Å². The predicted octanol–water partition coefficient (Wildman–Crippen LogP) is 1.59. The molecule has 1 amide bonds. The van der Waals surface area contributed by atoms with Crippen LogP contribution in [0.25, 0.3) is 0 Å². The Morgan fingerprint density at radius 3 is 2.64 bits per heavy atom. The van der Waals surface area contributed by atoms with E-state index in [9.17, 15) is 13.6 Å². The summed E-state index contributed by atoms with van der Waals surface area (Å²) in [5.41, 5.74) is 3.60. The maximum absolute atomic E-state index is 12.3. The summed E-state index contributed by atoms with van der Waals surface area (Å²) >= 11 is 2.78. The summed E-state index contributed by atoms with van der Waals surface area (Å²) in [6.07, 6.45) is -2.91. The summed E-state index contributed by atoms with van der Waals surface area (Å²) in [7, 11) is 0. The Balaban J connectivity index is 3.39. The molecule has 7 heteroatoms. The highest BCUT2D eigenvalue weighted by atomic mass is 79.9. The van der Waals surface area contributed by atoms with Gasteiger partial charge in [0.1, 0.15) is 16.0 Å². The first kappa shape index (κ1) is 10.8. The lowest BCUT2D eigenvalue weighted by atomic mass is 10.2. The molecule has 0 aliphatic heterocycles. The molecule has 0 radical (unpaired) electrons. The normalized spacial score (nSPS) is 10.6. The van der Waals surface area contributed by atoms with Gasteiger partial charge in [0.25, 0.3) is 12.3 Å². The van der Waals surface area contributed by atoms with Crippen molar-refractivity contribution in [1.82, 2.24) is 4.98 Å². The van der Waals surface area contributed by atoms with Crippen LogP contribution in [0.4, 0.5) is 8.78 Å². The van der Waals surface area contributed by atoms with Crippen molar-refractivity contribution in [2.24, 2.45) is 5.73 Å². The lowest BCUT2D eigenvalue weighted by Crippen LogP contribution is -2.16. The second-order valence-electron chi connectivity index (χ2n) is 2.40. The molecule has 0 saturated carbocycles. The van der Waals surface area contributed by atoms with Crippen molar-refractivity contribution >= 4 is 21.8 Å². The average molecular weight is 267 g/mol. The van der Waals surface area contributed by atoms with E-state index in [2.05, 4.69) is 20.9 Å². The summed E-state index contributed by atoms with van der Waals surface area (Å²) in [4.78, 5) is 14.1. The zero-order valence-corrected chi connectivity index (χ0v) is 8.25. The number of hydrogen-bond donors (Lipinski definition) is 2. The molecule has 0 spiro atoms. The van der Waals surface area contributed by atoms with Crippen LogP contribution in [0.2, 0.25) is 0 Å². The Labute approximate surface area is 85.9 Å². The van der Waals surface area contributed by atoms with Gasteiger partial charge in [-0.2, -0.15) is 0 Å². The molecule has 0 atom stereocenters. The minimum absolute atomic E-state index is 0.101. The molecular formula is C7H5BrF2N2O2. The van der Waals surface area contributed by atoms with Crippen molar-refractivity contribution in [3.8, 4) is 5.75 Å². The Hall–Kier alpha value is -1.24. The number of halogens is 3. The van der Waals surface area contributed by atoms with Crippen LogP contribution in [0.5, 0.6) is 5.75 Å². The lowest BCUT2D eigenvalue weighted by molar-refractivity contribution is 0.0979. The molecule has 0 fully saturated rings. The first-order valence-electron chi connectivity index (χ1n) is 3.41. The van der Waals surface area contributed by atoms with Crippen LogP contribution >= 0.6 is 15.9 Å². The number of carbonyl (C=O) groups excluding carboxylic acids is 1. The van der Waals surface area contributed by atoms with Gasteiger partial charge in [-0.1, -0.05) is 0 Å². The molecule has 1 aromatic heterocycles. The van der Waals surface area contributed by atoms with Gasteiger partial charge in [-0.15, -0.1) is 0 Å². The molecule has 14 heavy (non-hydrogen) atoms. The summed E-state index contributed by atoms with van der Waals surface area (Å²) in [6, 6.07) is 0.752. The van der Waals surface area contributed by atoms with Crippen LogP contribution in [0.1, 0.15) is 22.5 Å². The number of nitrogens with zero attached hydrogens (tertiary/aromatic N) is 1. The van der Waals surface area contributed by atoms with E-state index in [1.165, 1.54) is 0 Å². The highest BCUT2D eigenvalue weighted by Crippen LogP contribution is 2.29. The fourth-order valence-corrected chi connectivity index (χ4v) is 1.15. The van der Waals surface area contributed by atoms with Crippen LogP contribution in [-0.4, -0.2) is 16.0 Å². The molecular weight excluding hydrogens is 262 g/mol. The third kappa shape index (κ3) is 1.98. The zero-order valence-electron chi connectivity index (χ0n) is 6.67. The Morgan fingerprint density at radius 1 is 1.64 bits per heavy atom. The van der Waals surface area contributed by atoms with Gasteiger partial charge in [0.15, 0.2) is 0 Å². The number of alkyl halides is 2. The van der Waals surface area contributed by atoms with Crippen molar-refractivity contribution < 1.29 is 18.7 Å². The minimum Gasteiger partial charge on any atom is -0.505 e. The van der Waals surface area contributed by atoms with Crippen molar-refractivity contribution in [3.05, 3.63) is 21.9 Å². The molecule has 1 heterocycles. The summed E-state index contributed by atoms with van der Waals surface area (Å²) in [5, 5.41) is 9.06. The van der Waals surface area contributed by atoms with Crippen molar-refractivity contribution in [1.29, 1.82) is 0 Å². The van der Waals surface area contributed by atoms with Crippen molar-refractivity contribution in [3.63, 3.8) is 0 Å². The summed E-state index contributed by atoms with van der Waals surface area (Å²) in [5.74, 6) is -1.54. The average Bonchev–Trinajstić information content (AvgIpc) is 2.08. The first-order valence-corrected chi connectivity index (χ1v) is 4.20. The number of carbonyl (C=O) groups is 1. The monoisotopic (exact) mass is 266 g/mol. The number of pyridine rings is 1. The summed E-state index contributed by atoms with van der Waals surface area (Å²) < 4.78 is 24.5. The van der Waals surface area contributed by atoms with E-state index in [4.69, 9.17) is 10.8 Å². The number of aromatic nitrogens is 1. The largest absolute Gasteiger partial charge is 0.505 e. The molecule has 0 unspecified atom stereocenters. The van der Waals surface area contributed by atoms with Crippen LogP contribution in [-0.2, 0) is 0 Å². The van der Waals surface area contributed by atoms with Gasteiger partial charge >= 0.3 is 0 Å². The minimum atomic E-state index is -2.91. The molecule has 4 nitrogen and oxygen atoms in total. The molecule has 1 rings (SSSR count). The third-order valence-electron chi connectivity index (χ3n) is 1.46. The number of amides is 1. The van der Waals surface area contributed by atoms with Gasteiger partial charge in [0, 0.05) is 0 Å². The Morgan fingerprint density at radius 2 is 2.21 bits per heavy atom. The molecule has 76 valence electrons. The second kappa shape index (κ2) is 3.87. The maximum Gasteiger partial charge on any atom is 0.267 e. The molecule has 0 bridgehead atoms. The summed E-state index contributed by atoms with van der Waals surface area (Å²) in [6.45, 7) is 0. The third-order valence-corrected chi connectivity index (χ3v) is 2.04. The van der Waals surface area contributed by atoms with Crippen molar-refractivity contribution in [2.45, 2.75) is 6.43 Å². The number of primary amides is 1. The van der Waals surface area contributed by atoms with Crippen molar-refractivity contribution in [2.75, 3.05) is 0 Å². The fraction of sp³-hybridized carbons (Fsp3) is 0.143. The van der Waals surface area contributed by atoms with Gasteiger partial charge in [-0.3, -0.25) is 4.79 Å². The molecule has 0 aromatic carbocycles. The lowest BCUT2D eigenvalue weighted by Gasteiger charge is -2.06. The topological polar surface area (TPSA) is 76.2 Å². The zero-order chi connectivity index (χ0) is 10.9.